The van der Waals surface area contributed by atoms with Gasteiger partial charge in [-0.05, 0) is 13.0 Å². The van der Waals surface area contributed by atoms with Crippen molar-refractivity contribution in [3.05, 3.63) is 18.8 Å². The van der Waals surface area contributed by atoms with Gasteiger partial charge in [0, 0.05) is 0 Å². The second kappa shape index (κ2) is 3.39. The molecular weight excluding hydrogens is 224 g/mol. The summed E-state index contributed by atoms with van der Waals surface area (Å²) in [7, 11) is 0. The maximum atomic E-state index is 12.1. The molecule has 0 aromatic heterocycles. The second-order valence-electron chi connectivity index (χ2n) is 2.20. The van der Waals surface area contributed by atoms with Crippen LogP contribution < -0.4 is 0 Å². The molecule has 1 radical (unpaired) electrons. The van der Waals surface area contributed by atoms with Gasteiger partial charge in [-0.1, -0.05) is 0 Å². The van der Waals surface area contributed by atoms with Gasteiger partial charge in [0.1, 0.15) is 0 Å². The highest BCUT2D eigenvalue weighted by Crippen LogP contribution is 2.49. The summed E-state index contributed by atoms with van der Waals surface area (Å²) in [4.78, 5) is 0. The van der Waals surface area contributed by atoms with E-state index in [-0.39, 0.29) is 0 Å². The second-order valence-corrected chi connectivity index (χ2v) is 2.20. The fraction of sp³-hybridized carbons (Fsp3) is 0.500. The monoisotopic (exact) mass is 227 g/mol. The molecule has 0 fully saturated rings. The molecule has 0 rings (SSSR count). The quantitative estimate of drug-likeness (QED) is 0.633. The van der Waals surface area contributed by atoms with Gasteiger partial charge in [0.25, 0.3) is 0 Å². The van der Waals surface area contributed by atoms with Crippen LogP contribution in [-0.4, -0.2) is 18.0 Å². The van der Waals surface area contributed by atoms with Crippen molar-refractivity contribution in [1.29, 1.82) is 0 Å². The smallest absolute Gasteiger partial charge is 0.205 e. The third kappa shape index (κ3) is 1.83. The van der Waals surface area contributed by atoms with Crippen molar-refractivity contribution < 1.29 is 35.1 Å². The molecule has 0 amide bonds. The van der Waals surface area contributed by atoms with Crippen LogP contribution in [0, 0.1) is 6.92 Å². The molecule has 0 aliphatic heterocycles. The van der Waals surface area contributed by atoms with Crippen LogP contribution in [0.4, 0.5) is 35.1 Å². The first-order chi connectivity index (χ1) is 5.98. The van der Waals surface area contributed by atoms with Crippen LogP contribution in [0.5, 0.6) is 0 Å². The lowest BCUT2D eigenvalue weighted by atomic mass is 10.1. The Balaban J connectivity index is 5.29. The number of hydrogen-bond donors (Lipinski definition) is 0. The summed E-state index contributed by atoms with van der Waals surface area (Å²) < 4.78 is 94.3. The van der Waals surface area contributed by atoms with Crippen molar-refractivity contribution in [1.82, 2.24) is 0 Å². The zero-order valence-corrected chi connectivity index (χ0v) is 6.31. The standard InChI is InChI=1S/C6H3F8/c1-2-3(7)4(8,9)5(10,11)6(12,13)14/h2H,1H2/b3-2-. The summed E-state index contributed by atoms with van der Waals surface area (Å²) >= 11 is 0. The molecule has 0 saturated carbocycles. The first-order valence-corrected chi connectivity index (χ1v) is 2.96. The SMILES string of the molecule is [CH2]/C=C(\F)C(F)(F)C(F)(F)C(F)(F)F. The molecule has 0 N–H and O–H groups in total. The van der Waals surface area contributed by atoms with Crippen molar-refractivity contribution in [2.45, 2.75) is 18.0 Å². The third-order valence-corrected chi connectivity index (χ3v) is 1.23. The summed E-state index contributed by atoms with van der Waals surface area (Å²) in [6.45, 7) is 2.33. The fourth-order valence-electron chi connectivity index (χ4n) is 0.456. The molecule has 0 aromatic rings. The van der Waals surface area contributed by atoms with Crippen molar-refractivity contribution in [3.8, 4) is 0 Å². The van der Waals surface area contributed by atoms with Gasteiger partial charge in [-0.3, -0.25) is 0 Å². The molecule has 0 spiro atoms. The van der Waals surface area contributed by atoms with E-state index in [0.29, 0.717) is 0 Å². The van der Waals surface area contributed by atoms with Gasteiger partial charge in [-0.25, -0.2) is 4.39 Å². The predicted octanol–water partition coefficient (Wildman–Crippen LogP) is 3.51. The Kier molecular flexibility index (Phi) is 3.19. The predicted molar refractivity (Wildman–Crippen MR) is 30.5 cm³/mol. The maximum absolute atomic E-state index is 12.1. The molecule has 14 heavy (non-hydrogen) atoms. The molecule has 0 atom stereocenters. The van der Waals surface area contributed by atoms with E-state index in [2.05, 4.69) is 6.92 Å². The molecule has 8 heteroatoms. The summed E-state index contributed by atoms with van der Waals surface area (Å²) in [6.07, 6.45) is -6.93. The Morgan fingerprint density at radius 3 is 1.50 bits per heavy atom. The summed E-state index contributed by atoms with van der Waals surface area (Å²) in [5.74, 6) is -15.3. The minimum atomic E-state index is -6.53. The molecule has 83 valence electrons. The van der Waals surface area contributed by atoms with Crippen molar-refractivity contribution >= 4 is 0 Å². The van der Waals surface area contributed by atoms with Crippen LogP contribution in [0.15, 0.2) is 11.9 Å². The minimum absolute atomic E-state index is 0.403. The molecule has 0 bridgehead atoms. The number of rotatable bonds is 2. The Bertz CT molecular complexity index is 235. The largest absolute Gasteiger partial charge is 0.460 e. The van der Waals surface area contributed by atoms with Crippen molar-refractivity contribution in [2.24, 2.45) is 0 Å². The van der Waals surface area contributed by atoms with Crippen molar-refractivity contribution in [2.75, 3.05) is 0 Å². The van der Waals surface area contributed by atoms with E-state index in [0.717, 1.165) is 0 Å². The Hall–Kier alpha value is -0.820. The summed E-state index contributed by atoms with van der Waals surface area (Å²) in [5.41, 5.74) is 0. The first kappa shape index (κ1) is 13.2. The highest BCUT2D eigenvalue weighted by Gasteiger charge is 2.74. The highest BCUT2D eigenvalue weighted by molar-refractivity contribution is 5.13. The van der Waals surface area contributed by atoms with E-state index in [1.165, 1.54) is 0 Å². The topological polar surface area (TPSA) is 0 Å². The van der Waals surface area contributed by atoms with Gasteiger partial charge in [0.05, 0.1) is 0 Å². The van der Waals surface area contributed by atoms with Gasteiger partial charge in [-0.15, -0.1) is 0 Å². The Morgan fingerprint density at radius 1 is 0.929 bits per heavy atom. The van der Waals surface area contributed by atoms with Crippen LogP contribution in [0.3, 0.4) is 0 Å². The maximum Gasteiger partial charge on any atom is 0.460 e. The van der Waals surface area contributed by atoms with Crippen molar-refractivity contribution in [3.63, 3.8) is 0 Å². The number of allylic oxidation sites excluding steroid dienone is 2. The molecule has 0 nitrogen and oxygen atoms in total. The van der Waals surface area contributed by atoms with E-state index in [4.69, 9.17) is 0 Å². The molecule has 0 aliphatic rings. The number of halogens is 8. The number of hydrogen-bond acceptors (Lipinski definition) is 0. The lowest BCUT2D eigenvalue weighted by Crippen LogP contribution is -2.52. The van der Waals surface area contributed by atoms with Crippen LogP contribution in [0.25, 0.3) is 0 Å². The van der Waals surface area contributed by atoms with Gasteiger partial charge in [0.15, 0.2) is 5.83 Å². The van der Waals surface area contributed by atoms with Gasteiger partial charge in [-0.2, -0.15) is 30.7 Å². The average molecular weight is 227 g/mol. The van der Waals surface area contributed by atoms with E-state index in [9.17, 15) is 35.1 Å². The molecule has 0 aromatic carbocycles. The lowest BCUT2D eigenvalue weighted by molar-refractivity contribution is -0.347. The summed E-state index contributed by atoms with van der Waals surface area (Å²) in [5, 5.41) is 0. The van der Waals surface area contributed by atoms with Gasteiger partial charge >= 0.3 is 18.0 Å². The Labute approximate surface area is 73.2 Å². The normalized spacial score (nSPS) is 15.9. The summed E-state index contributed by atoms with van der Waals surface area (Å²) in [6, 6.07) is 0. The zero-order chi connectivity index (χ0) is 11.8. The Morgan fingerprint density at radius 2 is 1.29 bits per heavy atom. The molecule has 0 aliphatic carbocycles. The fourth-order valence-corrected chi connectivity index (χ4v) is 0.456. The third-order valence-electron chi connectivity index (χ3n) is 1.23. The molecule has 0 heterocycles. The van der Waals surface area contributed by atoms with Crippen LogP contribution in [-0.2, 0) is 0 Å². The average Bonchev–Trinajstić information content (AvgIpc) is 2.00. The van der Waals surface area contributed by atoms with E-state index in [1.54, 1.807) is 0 Å². The highest BCUT2D eigenvalue weighted by atomic mass is 19.4. The van der Waals surface area contributed by atoms with Gasteiger partial charge < -0.3 is 0 Å². The van der Waals surface area contributed by atoms with E-state index >= 15 is 0 Å². The first-order valence-electron chi connectivity index (χ1n) is 2.96. The van der Waals surface area contributed by atoms with E-state index in [1.807, 2.05) is 0 Å². The zero-order valence-electron chi connectivity index (χ0n) is 6.31. The molecule has 0 unspecified atom stereocenters. The lowest BCUT2D eigenvalue weighted by Gasteiger charge is -2.26. The molecular formula is C6H3F8. The number of alkyl halides is 7. The molecule has 0 saturated heterocycles. The van der Waals surface area contributed by atoms with E-state index < -0.39 is 29.9 Å². The minimum Gasteiger partial charge on any atom is -0.205 e. The van der Waals surface area contributed by atoms with Crippen LogP contribution in [0.2, 0.25) is 0 Å². The van der Waals surface area contributed by atoms with Crippen LogP contribution in [0.1, 0.15) is 0 Å². The van der Waals surface area contributed by atoms with Crippen LogP contribution >= 0.6 is 0 Å². The van der Waals surface area contributed by atoms with Gasteiger partial charge in [0.2, 0.25) is 0 Å².